The van der Waals surface area contributed by atoms with Gasteiger partial charge in [0, 0.05) is 0 Å². The Labute approximate surface area is 123 Å². The van der Waals surface area contributed by atoms with E-state index in [1.165, 1.54) is 11.1 Å². The first-order valence-corrected chi connectivity index (χ1v) is 7.85. The molecule has 0 radical (unpaired) electrons. The van der Waals surface area contributed by atoms with Crippen LogP contribution in [0.3, 0.4) is 0 Å². The van der Waals surface area contributed by atoms with E-state index in [9.17, 15) is 0 Å². The third kappa shape index (κ3) is 4.50. The van der Waals surface area contributed by atoms with E-state index in [2.05, 4.69) is 32.0 Å². The minimum absolute atomic E-state index is 0.389. The molecule has 0 aliphatic heterocycles. The van der Waals surface area contributed by atoms with Crippen molar-refractivity contribution in [1.82, 2.24) is 0 Å². The summed E-state index contributed by atoms with van der Waals surface area (Å²) < 4.78 is 5.81. The topological polar surface area (TPSA) is 61.3 Å². The summed E-state index contributed by atoms with van der Waals surface area (Å²) in [7, 11) is 0. The number of aryl methyl sites for hydroxylation is 1. The summed E-state index contributed by atoms with van der Waals surface area (Å²) in [6.07, 6.45) is 3.17. The lowest BCUT2D eigenvalue weighted by atomic mass is 9.85. The molecule has 1 unspecified atom stereocenters. The maximum absolute atomic E-state index is 5.81. The summed E-state index contributed by atoms with van der Waals surface area (Å²) in [6, 6.07) is 6.56. The van der Waals surface area contributed by atoms with E-state index in [1.807, 2.05) is 6.92 Å². The van der Waals surface area contributed by atoms with E-state index >= 15 is 0 Å². The lowest BCUT2D eigenvalue weighted by Gasteiger charge is -2.23. The molecule has 1 aromatic carbocycles. The molecule has 0 saturated carbocycles. The Balaban J connectivity index is 3.03. The maximum Gasteiger partial charge on any atom is 0.122 e. The molecule has 0 aromatic heterocycles. The van der Waals surface area contributed by atoms with Crippen molar-refractivity contribution >= 4 is 0 Å². The van der Waals surface area contributed by atoms with Crippen LogP contribution in [0, 0.1) is 5.92 Å². The van der Waals surface area contributed by atoms with E-state index in [4.69, 9.17) is 16.2 Å². The van der Waals surface area contributed by atoms with Gasteiger partial charge in [0.15, 0.2) is 0 Å². The lowest BCUT2D eigenvalue weighted by molar-refractivity contribution is 0.329. The molecule has 4 N–H and O–H groups in total. The molecule has 114 valence electrons. The highest BCUT2D eigenvalue weighted by Gasteiger charge is 2.19. The van der Waals surface area contributed by atoms with E-state index in [1.54, 1.807) is 0 Å². The quantitative estimate of drug-likeness (QED) is 0.730. The number of ether oxygens (including phenoxy) is 1. The molecular formula is C17H30N2O. The van der Waals surface area contributed by atoms with Crippen molar-refractivity contribution in [3.63, 3.8) is 0 Å². The summed E-state index contributed by atoms with van der Waals surface area (Å²) in [5.74, 6) is 1.88. The van der Waals surface area contributed by atoms with Gasteiger partial charge in [-0.05, 0) is 68.3 Å². The smallest absolute Gasteiger partial charge is 0.122 e. The van der Waals surface area contributed by atoms with Gasteiger partial charge in [-0.1, -0.05) is 26.0 Å². The maximum atomic E-state index is 5.81. The molecule has 0 amide bonds. The van der Waals surface area contributed by atoms with Crippen LogP contribution >= 0.6 is 0 Å². The van der Waals surface area contributed by atoms with Gasteiger partial charge in [-0.25, -0.2) is 0 Å². The van der Waals surface area contributed by atoms with Gasteiger partial charge >= 0.3 is 0 Å². The largest absolute Gasteiger partial charge is 0.494 e. The first-order valence-electron chi connectivity index (χ1n) is 7.85. The number of hydrogen-bond donors (Lipinski definition) is 2. The molecular weight excluding hydrogens is 248 g/mol. The van der Waals surface area contributed by atoms with Crippen LogP contribution in [0.5, 0.6) is 5.75 Å². The van der Waals surface area contributed by atoms with Gasteiger partial charge in [0.1, 0.15) is 5.75 Å². The summed E-state index contributed by atoms with van der Waals surface area (Å²) in [4.78, 5) is 0. The molecule has 0 spiro atoms. The van der Waals surface area contributed by atoms with Crippen molar-refractivity contribution in [1.29, 1.82) is 0 Å². The molecule has 0 fully saturated rings. The zero-order valence-electron chi connectivity index (χ0n) is 13.2. The van der Waals surface area contributed by atoms with Crippen molar-refractivity contribution in [2.24, 2.45) is 17.4 Å². The number of hydrogen-bond acceptors (Lipinski definition) is 3. The molecule has 0 aliphatic carbocycles. The zero-order valence-corrected chi connectivity index (χ0v) is 13.2. The number of nitrogens with two attached hydrogens (primary N) is 2. The van der Waals surface area contributed by atoms with Gasteiger partial charge in [0.2, 0.25) is 0 Å². The van der Waals surface area contributed by atoms with Crippen molar-refractivity contribution in [2.75, 3.05) is 19.7 Å². The minimum Gasteiger partial charge on any atom is -0.494 e. The van der Waals surface area contributed by atoms with E-state index in [-0.39, 0.29) is 0 Å². The molecule has 0 aliphatic rings. The normalized spacial score (nSPS) is 12.7. The van der Waals surface area contributed by atoms with Gasteiger partial charge in [-0.3, -0.25) is 0 Å². The van der Waals surface area contributed by atoms with Gasteiger partial charge in [-0.2, -0.15) is 0 Å². The molecule has 1 aromatic rings. The number of rotatable bonds is 9. The Kier molecular flexibility index (Phi) is 7.63. The second-order valence-electron chi connectivity index (χ2n) is 5.34. The first kappa shape index (κ1) is 17.0. The molecule has 1 atom stereocenters. The third-order valence-electron chi connectivity index (χ3n) is 4.00. The Morgan fingerprint density at radius 2 is 1.80 bits per heavy atom. The van der Waals surface area contributed by atoms with Crippen LogP contribution in [0.2, 0.25) is 0 Å². The van der Waals surface area contributed by atoms with Crippen LogP contribution in [-0.2, 0) is 6.42 Å². The van der Waals surface area contributed by atoms with Crippen molar-refractivity contribution in [3.8, 4) is 5.75 Å². The van der Waals surface area contributed by atoms with Crippen LogP contribution in [0.1, 0.15) is 50.7 Å². The summed E-state index contributed by atoms with van der Waals surface area (Å²) in [5.41, 5.74) is 14.3. The molecule has 3 heteroatoms. The Hall–Kier alpha value is -1.06. The lowest BCUT2D eigenvalue weighted by Crippen LogP contribution is -2.25. The molecule has 0 heterocycles. The Morgan fingerprint density at radius 3 is 2.30 bits per heavy atom. The molecule has 3 nitrogen and oxygen atoms in total. The SMILES string of the molecule is CCOc1ccc(CC)cc1C(CC)CC(CN)CN. The fraction of sp³-hybridized carbons (Fsp3) is 0.647. The standard InChI is InChI=1S/C17H30N2O/c1-4-13-7-8-17(20-6-3)16(10-13)15(5-2)9-14(11-18)12-19/h7-8,10,14-15H,4-6,9,11-12,18-19H2,1-3H3. The zero-order chi connectivity index (χ0) is 15.0. The first-order chi connectivity index (χ1) is 9.69. The fourth-order valence-electron chi connectivity index (χ4n) is 2.63. The molecule has 0 saturated heterocycles. The second-order valence-corrected chi connectivity index (χ2v) is 5.34. The summed E-state index contributed by atoms with van der Waals surface area (Å²) in [5, 5.41) is 0. The highest BCUT2D eigenvalue weighted by Crippen LogP contribution is 2.34. The van der Waals surface area contributed by atoms with Gasteiger partial charge in [-0.15, -0.1) is 0 Å². The fourth-order valence-corrected chi connectivity index (χ4v) is 2.63. The van der Waals surface area contributed by atoms with Crippen LogP contribution in [0.4, 0.5) is 0 Å². The Morgan fingerprint density at radius 1 is 1.10 bits per heavy atom. The average molecular weight is 278 g/mol. The summed E-state index contributed by atoms with van der Waals surface area (Å²) >= 11 is 0. The average Bonchev–Trinajstić information content (AvgIpc) is 2.49. The highest BCUT2D eigenvalue weighted by atomic mass is 16.5. The van der Waals surface area contributed by atoms with Crippen LogP contribution < -0.4 is 16.2 Å². The van der Waals surface area contributed by atoms with Crippen molar-refractivity contribution < 1.29 is 4.74 Å². The van der Waals surface area contributed by atoms with Crippen LogP contribution in [-0.4, -0.2) is 19.7 Å². The predicted octanol–water partition coefficient (Wildman–Crippen LogP) is 3.06. The molecule has 20 heavy (non-hydrogen) atoms. The van der Waals surface area contributed by atoms with Crippen molar-refractivity contribution in [2.45, 2.75) is 46.0 Å². The van der Waals surface area contributed by atoms with Crippen LogP contribution in [0.25, 0.3) is 0 Å². The minimum atomic E-state index is 0.389. The monoisotopic (exact) mass is 278 g/mol. The molecule has 0 bridgehead atoms. The number of benzene rings is 1. The Bertz CT molecular complexity index is 389. The van der Waals surface area contributed by atoms with Gasteiger partial charge in [0.25, 0.3) is 0 Å². The van der Waals surface area contributed by atoms with Crippen LogP contribution in [0.15, 0.2) is 18.2 Å². The van der Waals surface area contributed by atoms with E-state index in [0.717, 1.165) is 25.0 Å². The van der Waals surface area contributed by atoms with Gasteiger partial charge < -0.3 is 16.2 Å². The van der Waals surface area contributed by atoms with Crippen molar-refractivity contribution in [3.05, 3.63) is 29.3 Å². The predicted molar refractivity (Wildman–Crippen MR) is 86.2 cm³/mol. The van der Waals surface area contributed by atoms with E-state index in [0.29, 0.717) is 31.5 Å². The molecule has 1 rings (SSSR count). The summed E-state index contributed by atoms with van der Waals surface area (Å²) in [6.45, 7) is 8.45. The van der Waals surface area contributed by atoms with Gasteiger partial charge in [0.05, 0.1) is 6.61 Å². The third-order valence-corrected chi connectivity index (χ3v) is 4.00. The second kappa shape index (κ2) is 8.98. The highest BCUT2D eigenvalue weighted by molar-refractivity contribution is 5.40. The van der Waals surface area contributed by atoms with E-state index < -0.39 is 0 Å².